The molecule has 0 saturated carbocycles. The van der Waals surface area contributed by atoms with Crippen LogP contribution in [0.15, 0.2) is 66.7 Å². The molecule has 2 N–H and O–H groups in total. The standard InChI is InChI=1S/C23H21N5O3/c1-15(29)24-20-13-18(11-12-22(20)31-2)25-23(30)17-9-7-16(8-10-17)14-28-21-6-4-3-5-19(21)26-27-28/h3-13H,14H2,1-2H3,(H,24,29)(H,25,30). The number of methoxy groups -OCH3 is 1. The van der Waals surface area contributed by atoms with E-state index in [2.05, 4.69) is 20.9 Å². The number of carbonyl (C=O) groups is 2. The summed E-state index contributed by atoms with van der Waals surface area (Å²) >= 11 is 0. The first-order valence-corrected chi connectivity index (χ1v) is 9.67. The molecule has 2 amide bonds. The number of anilines is 2. The van der Waals surface area contributed by atoms with Crippen molar-refractivity contribution < 1.29 is 14.3 Å². The molecule has 3 aromatic carbocycles. The third-order valence-corrected chi connectivity index (χ3v) is 4.74. The molecule has 0 radical (unpaired) electrons. The summed E-state index contributed by atoms with van der Waals surface area (Å²) in [5.74, 6) is 0.0346. The molecule has 0 aliphatic heterocycles. The van der Waals surface area contributed by atoms with Gasteiger partial charge in [0.15, 0.2) is 0 Å². The number of hydrogen-bond acceptors (Lipinski definition) is 5. The van der Waals surface area contributed by atoms with Crippen molar-refractivity contribution in [3.05, 3.63) is 77.9 Å². The Bertz CT molecular complexity index is 1250. The third kappa shape index (κ3) is 4.53. The molecule has 8 nitrogen and oxygen atoms in total. The smallest absolute Gasteiger partial charge is 0.255 e. The summed E-state index contributed by atoms with van der Waals surface area (Å²) in [6, 6.07) is 20.1. The number of para-hydroxylation sites is 1. The fraction of sp³-hybridized carbons (Fsp3) is 0.130. The Morgan fingerprint density at radius 1 is 1.00 bits per heavy atom. The number of carbonyl (C=O) groups excluding carboxylic acids is 2. The number of aromatic nitrogens is 3. The van der Waals surface area contributed by atoms with Crippen LogP contribution in [0.3, 0.4) is 0 Å². The fourth-order valence-electron chi connectivity index (χ4n) is 3.24. The summed E-state index contributed by atoms with van der Waals surface area (Å²) in [5, 5.41) is 13.9. The van der Waals surface area contributed by atoms with Crippen molar-refractivity contribution in [1.82, 2.24) is 15.0 Å². The van der Waals surface area contributed by atoms with Gasteiger partial charge in [-0.05, 0) is 48.0 Å². The molecule has 0 saturated heterocycles. The van der Waals surface area contributed by atoms with Crippen molar-refractivity contribution in [2.24, 2.45) is 0 Å². The molecule has 0 atom stereocenters. The summed E-state index contributed by atoms with van der Waals surface area (Å²) in [7, 11) is 1.52. The molecule has 4 rings (SSSR count). The average molecular weight is 415 g/mol. The Kier molecular flexibility index (Phi) is 5.61. The minimum absolute atomic E-state index is 0.225. The number of ether oxygens (including phenoxy) is 1. The average Bonchev–Trinajstić information content (AvgIpc) is 3.17. The number of nitrogens with zero attached hydrogens (tertiary/aromatic N) is 3. The fourth-order valence-corrected chi connectivity index (χ4v) is 3.24. The minimum Gasteiger partial charge on any atom is -0.495 e. The van der Waals surface area contributed by atoms with Crippen LogP contribution in [0.25, 0.3) is 11.0 Å². The third-order valence-electron chi connectivity index (χ3n) is 4.74. The molecular weight excluding hydrogens is 394 g/mol. The first-order valence-electron chi connectivity index (χ1n) is 9.67. The van der Waals surface area contributed by atoms with Gasteiger partial charge in [0.25, 0.3) is 5.91 Å². The SMILES string of the molecule is COc1ccc(NC(=O)c2ccc(Cn3nnc4ccccc43)cc2)cc1NC(C)=O. The molecule has 8 heteroatoms. The van der Waals surface area contributed by atoms with Gasteiger partial charge in [0.1, 0.15) is 11.3 Å². The molecule has 31 heavy (non-hydrogen) atoms. The molecule has 1 heterocycles. The molecular formula is C23H21N5O3. The van der Waals surface area contributed by atoms with Crippen molar-refractivity contribution in [1.29, 1.82) is 0 Å². The van der Waals surface area contributed by atoms with Crippen LogP contribution in [0.5, 0.6) is 5.75 Å². The maximum absolute atomic E-state index is 12.6. The van der Waals surface area contributed by atoms with Crippen LogP contribution >= 0.6 is 0 Å². The summed E-state index contributed by atoms with van der Waals surface area (Å²) < 4.78 is 7.06. The number of amides is 2. The molecule has 1 aromatic heterocycles. The molecule has 0 aliphatic rings. The number of nitrogens with one attached hydrogen (secondary N) is 2. The van der Waals surface area contributed by atoms with E-state index in [4.69, 9.17) is 4.74 Å². The lowest BCUT2D eigenvalue weighted by atomic mass is 10.1. The summed E-state index contributed by atoms with van der Waals surface area (Å²) in [6.45, 7) is 1.97. The van der Waals surface area contributed by atoms with Gasteiger partial charge in [-0.25, -0.2) is 4.68 Å². The Labute approximate surface area is 178 Å². The van der Waals surface area contributed by atoms with Crippen molar-refractivity contribution in [2.75, 3.05) is 17.7 Å². The maximum Gasteiger partial charge on any atom is 0.255 e. The summed E-state index contributed by atoms with van der Waals surface area (Å²) in [4.78, 5) is 24.0. The van der Waals surface area contributed by atoms with E-state index in [-0.39, 0.29) is 11.8 Å². The Hall–Kier alpha value is -4.20. The van der Waals surface area contributed by atoms with Gasteiger partial charge in [0.05, 0.1) is 24.9 Å². The van der Waals surface area contributed by atoms with E-state index in [1.807, 2.05) is 41.1 Å². The van der Waals surface area contributed by atoms with Gasteiger partial charge in [-0.15, -0.1) is 5.10 Å². The van der Waals surface area contributed by atoms with Gasteiger partial charge in [-0.3, -0.25) is 9.59 Å². The number of fused-ring (bicyclic) bond motifs is 1. The van der Waals surface area contributed by atoms with Crippen molar-refractivity contribution in [2.45, 2.75) is 13.5 Å². The van der Waals surface area contributed by atoms with Crippen LogP contribution < -0.4 is 15.4 Å². The van der Waals surface area contributed by atoms with E-state index in [1.165, 1.54) is 14.0 Å². The Morgan fingerprint density at radius 3 is 2.52 bits per heavy atom. The normalized spacial score (nSPS) is 10.6. The predicted molar refractivity (Wildman–Crippen MR) is 118 cm³/mol. The van der Waals surface area contributed by atoms with Crippen LogP contribution in [0.1, 0.15) is 22.8 Å². The van der Waals surface area contributed by atoms with Crippen molar-refractivity contribution >= 4 is 34.2 Å². The lowest BCUT2D eigenvalue weighted by molar-refractivity contribution is -0.114. The second-order valence-electron chi connectivity index (χ2n) is 6.98. The molecule has 0 bridgehead atoms. The summed E-state index contributed by atoms with van der Waals surface area (Å²) in [6.07, 6.45) is 0. The van der Waals surface area contributed by atoms with Crippen LogP contribution in [0, 0.1) is 0 Å². The second-order valence-corrected chi connectivity index (χ2v) is 6.98. The zero-order chi connectivity index (χ0) is 21.8. The van der Waals surface area contributed by atoms with Gasteiger partial charge >= 0.3 is 0 Å². The van der Waals surface area contributed by atoms with Gasteiger partial charge < -0.3 is 15.4 Å². The molecule has 0 aliphatic carbocycles. The summed E-state index contributed by atoms with van der Waals surface area (Å²) in [5.41, 5.74) is 4.36. The van der Waals surface area contributed by atoms with Crippen LogP contribution in [-0.4, -0.2) is 33.9 Å². The number of hydrogen-bond donors (Lipinski definition) is 2. The highest BCUT2D eigenvalue weighted by atomic mass is 16.5. The Balaban J connectivity index is 1.46. The molecule has 4 aromatic rings. The quantitative estimate of drug-likeness (QED) is 0.500. The topological polar surface area (TPSA) is 98.1 Å². The zero-order valence-electron chi connectivity index (χ0n) is 17.1. The highest BCUT2D eigenvalue weighted by Gasteiger charge is 2.11. The van der Waals surface area contributed by atoms with Crippen molar-refractivity contribution in [3.63, 3.8) is 0 Å². The Morgan fingerprint density at radius 2 is 1.77 bits per heavy atom. The van der Waals surface area contributed by atoms with E-state index >= 15 is 0 Å². The van der Waals surface area contributed by atoms with E-state index in [1.54, 1.807) is 30.3 Å². The highest BCUT2D eigenvalue weighted by molar-refractivity contribution is 6.05. The first kappa shape index (κ1) is 20.1. The van der Waals surface area contributed by atoms with Crippen LogP contribution in [0.2, 0.25) is 0 Å². The van der Waals surface area contributed by atoms with E-state index < -0.39 is 0 Å². The zero-order valence-corrected chi connectivity index (χ0v) is 17.1. The maximum atomic E-state index is 12.6. The second kappa shape index (κ2) is 8.66. The first-order chi connectivity index (χ1) is 15.0. The lowest BCUT2D eigenvalue weighted by Gasteiger charge is -2.12. The van der Waals surface area contributed by atoms with E-state index in [9.17, 15) is 9.59 Å². The van der Waals surface area contributed by atoms with E-state index in [0.717, 1.165) is 16.6 Å². The predicted octanol–water partition coefficient (Wildman–Crippen LogP) is 3.70. The highest BCUT2D eigenvalue weighted by Crippen LogP contribution is 2.28. The van der Waals surface area contributed by atoms with Gasteiger partial charge in [0, 0.05) is 18.2 Å². The molecule has 0 spiro atoms. The number of rotatable bonds is 6. The van der Waals surface area contributed by atoms with Gasteiger partial charge in [-0.2, -0.15) is 0 Å². The molecule has 156 valence electrons. The minimum atomic E-state index is -0.253. The molecule has 0 unspecified atom stereocenters. The monoisotopic (exact) mass is 415 g/mol. The van der Waals surface area contributed by atoms with Gasteiger partial charge in [-0.1, -0.05) is 29.5 Å². The number of benzene rings is 3. The van der Waals surface area contributed by atoms with Crippen molar-refractivity contribution in [3.8, 4) is 5.75 Å². The molecule has 0 fully saturated rings. The van der Waals surface area contributed by atoms with Crippen LogP contribution in [0.4, 0.5) is 11.4 Å². The van der Waals surface area contributed by atoms with Crippen LogP contribution in [-0.2, 0) is 11.3 Å². The lowest BCUT2D eigenvalue weighted by Crippen LogP contribution is -2.13. The van der Waals surface area contributed by atoms with E-state index in [0.29, 0.717) is 29.2 Å². The van der Waals surface area contributed by atoms with Gasteiger partial charge in [0.2, 0.25) is 5.91 Å². The largest absolute Gasteiger partial charge is 0.495 e.